The summed E-state index contributed by atoms with van der Waals surface area (Å²) in [7, 11) is 0. The molecule has 0 fully saturated rings. The zero-order valence-corrected chi connectivity index (χ0v) is 8.23. The first kappa shape index (κ1) is 8.81. The fraction of sp³-hybridized carbons (Fsp3) is 0.182. The molecule has 14 heavy (non-hydrogen) atoms. The van der Waals surface area contributed by atoms with E-state index in [4.69, 9.17) is 0 Å². The van der Waals surface area contributed by atoms with Crippen LogP contribution < -0.4 is 0 Å². The summed E-state index contributed by atoms with van der Waals surface area (Å²) in [6, 6.07) is 6.16. The second-order valence-corrected chi connectivity index (χ2v) is 3.23. The summed E-state index contributed by atoms with van der Waals surface area (Å²) in [6.45, 7) is 4.12. The third kappa shape index (κ3) is 1.48. The summed E-state index contributed by atoms with van der Waals surface area (Å²) in [4.78, 5) is 12.1. The molecule has 0 bridgehead atoms. The number of benzene rings is 1. The molecule has 0 aliphatic carbocycles. The average molecular weight is 185 g/mol. The maximum absolute atomic E-state index is 4.15. The maximum atomic E-state index is 4.15. The quantitative estimate of drug-likeness (QED) is 0.683. The van der Waals surface area contributed by atoms with Gasteiger partial charge in [0.05, 0.1) is 0 Å². The van der Waals surface area contributed by atoms with E-state index in [2.05, 4.69) is 40.9 Å². The Kier molecular flexibility index (Phi) is 2.23. The normalized spacial score (nSPS) is 10.1. The molecule has 3 heteroatoms. The van der Waals surface area contributed by atoms with Crippen molar-refractivity contribution in [1.82, 2.24) is 15.0 Å². The van der Waals surface area contributed by atoms with E-state index in [1.807, 2.05) is 6.07 Å². The van der Waals surface area contributed by atoms with Gasteiger partial charge < -0.3 is 0 Å². The number of aromatic nitrogens is 3. The van der Waals surface area contributed by atoms with Gasteiger partial charge in [0.15, 0.2) is 5.82 Å². The highest BCUT2D eigenvalue weighted by molar-refractivity contribution is 5.63. The average Bonchev–Trinajstić information content (AvgIpc) is 2.19. The number of hydrogen-bond donors (Lipinski definition) is 0. The third-order valence-corrected chi connectivity index (χ3v) is 2.20. The van der Waals surface area contributed by atoms with Crippen molar-refractivity contribution in [2.75, 3.05) is 0 Å². The zero-order valence-electron chi connectivity index (χ0n) is 8.23. The molecule has 0 unspecified atom stereocenters. The number of hydrogen-bond acceptors (Lipinski definition) is 3. The van der Waals surface area contributed by atoms with Crippen LogP contribution in [-0.2, 0) is 0 Å². The highest BCUT2D eigenvalue weighted by Gasteiger charge is 2.06. The molecule has 70 valence electrons. The summed E-state index contributed by atoms with van der Waals surface area (Å²) < 4.78 is 0. The van der Waals surface area contributed by atoms with Gasteiger partial charge in [0, 0.05) is 5.56 Å². The Bertz CT molecular complexity index is 417. The molecule has 2 rings (SSSR count). The van der Waals surface area contributed by atoms with Crippen molar-refractivity contribution in [3.63, 3.8) is 0 Å². The molecule has 0 saturated carbocycles. The molecule has 0 spiro atoms. The Labute approximate surface area is 82.9 Å². The van der Waals surface area contributed by atoms with Crippen molar-refractivity contribution >= 4 is 0 Å². The Morgan fingerprint density at radius 1 is 0.929 bits per heavy atom. The molecule has 0 aliphatic heterocycles. The van der Waals surface area contributed by atoms with Crippen LogP contribution in [0.4, 0.5) is 0 Å². The summed E-state index contributed by atoms with van der Waals surface area (Å²) in [5, 5.41) is 0. The Hall–Kier alpha value is -1.77. The van der Waals surface area contributed by atoms with E-state index in [1.165, 1.54) is 23.8 Å². The van der Waals surface area contributed by atoms with Crippen LogP contribution >= 0.6 is 0 Å². The molecule has 1 heterocycles. The topological polar surface area (TPSA) is 38.7 Å². The smallest absolute Gasteiger partial charge is 0.163 e. The predicted octanol–water partition coefficient (Wildman–Crippen LogP) is 2.16. The Morgan fingerprint density at radius 3 is 2.07 bits per heavy atom. The van der Waals surface area contributed by atoms with Gasteiger partial charge in [-0.25, -0.2) is 15.0 Å². The molecular formula is C11H11N3. The van der Waals surface area contributed by atoms with E-state index < -0.39 is 0 Å². The summed E-state index contributed by atoms with van der Waals surface area (Å²) in [6.07, 6.45) is 3.04. The first-order chi connectivity index (χ1) is 6.79. The molecular weight excluding hydrogens is 174 g/mol. The molecule has 3 nitrogen and oxygen atoms in total. The van der Waals surface area contributed by atoms with Crippen LogP contribution in [-0.4, -0.2) is 15.0 Å². The van der Waals surface area contributed by atoms with Crippen LogP contribution in [0.25, 0.3) is 11.4 Å². The summed E-state index contributed by atoms with van der Waals surface area (Å²) in [5.41, 5.74) is 3.49. The minimum absolute atomic E-state index is 0.746. The van der Waals surface area contributed by atoms with Crippen LogP contribution in [0.1, 0.15) is 11.1 Å². The SMILES string of the molecule is Cc1cccc(C)c1-c1ncncn1. The van der Waals surface area contributed by atoms with E-state index in [-0.39, 0.29) is 0 Å². The van der Waals surface area contributed by atoms with Crippen LogP contribution in [0.3, 0.4) is 0 Å². The number of nitrogens with zero attached hydrogens (tertiary/aromatic N) is 3. The fourth-order valence-corrected chi connectivity index (χ4v) is 1.54. The monoisotopic (exact) mass is 185 g/mol. The highest BCUT2D eigenvalue weighted by atomic mass is 15.0. The van der Waals surface area contributed by atoms with Gasteiger partial charge in [0.1, 0.15) is 12.7 Å². The van der Waals surface area contributed by atoms with Crippen LogP contribution in [0, 0.1) is 13.8 Å². The molecule has 0 aliphatic rings. The lowest BCUT2D eigenvalue weighted by Crippen LogP contribution is -1.94. The van der Waals surface area contributed by atoms with Gasteiger partial charge in [0.25, 0.3) is 0 Å². The van der Waals surface area contributed by atoms with Crippen molar-refractivity contribution in [2.45, 2.75) is 13.8 Å². The van der Waals surface area contributed by atoms with E-state index in [0.29, 0.717) is 0 Å². The van der Waals surface area contributed by atoms with Gasteiger partial charge in [-0.05, 0) is 25.0 Å². The largest absolute Gasteiger partial charge is 0.225 e. The van der Waals surface area contributed by atoms with Gasteiger partial charge in [-0.15, -0.1) is 0 Å². The molecule has 1 aromatic heterocycles. The lowest BCUT2D eigenvalue weighted by atomic mass is 10.0. The van der Waals surface area contributed by atoms with Crippen molar-refractivity contribution in [3.8, 4) is 11.4 Å². The van der Waals surface area contributed by atoms with E-state index in [9.17, 15) is 0 Å². The van der Waals surface area contributed by atoms with Gasteiger partial charge in [-0.1, -0.05) is 18.2 Å². The second kappa shape index (κ2) is 3.54. The van der Waals surface area contributed by atoms with Crippen LogP contribution in [0.15, 0.2) is 30.9 Å². The minimum Gasteiger partial charge on any atom is -0.225 e. The third-order valence-electron chi connectivity index (χ3n) is 2.20. The highest BCUT2D eigenvalue weighted by Crippen LogP contribution is 2.22. The maximum Gasteiger partial charge on any atom is 0.163 e. The molecule has 0 atom stereocenters. The zero-order chi connectivity index (χ0) is 9.97. The standard InChI is InChI=1S/C11H11N3/c1-8-4-3-5-9(2)10(8)11-13-6-12-7-14-11/h3-7H,1-2H3. The number of aryl methyl sites for hydroxylation is 2. The van der Waals surface area contributed by atoms with E-state index >= 15 is 0 Å². The lowest BCUT2D eigenvalue weighted by Gasteiger charge is -2.06. The van der Waals surface area contributed by atoms with E-state index in [1.54, 1.807) is 0 Å². The van der Waals surface area contributed by atoms with Crippen molar-refractivity contribution in [2.24, 2.45) is 0 Å². The summed E-state index contributed by atoms with van der Waals surface area (Å²) >= 11 is 0. The first-order valence-corrected chi connectivity index (χ1v) is 4.47. The summed E-state index contributed by atoms with van der Waals surface area (Å²) in [5.74, 6) is 0.746. The second-order valence-electron chi connectivity index (χ2n) is 3.23. The van der Waals surface area contributed by atoms with Gasteiger partial charge in [-0.3, -0.25) is 0 Å². The molecule has 0 N–H and O–H groups in total. The van der Waals surface area contributed by atoms with E-state index in [0.717, 1.165) is 11.4 Å². The van der Waals surface area contributed by atoms with Crippen molar-refractivity contribution in [1.29, 1.82) is 0 Å². The van der Waals surface area contributed by atoms with Gasteiger partial charge >= 0.3 is 0 Å². The first-order valence-electron chi connectivity index (χ1n) is 4.47. The minimum atomic E-state index is 0.746. The van der Waals surface area contributed by atoms with Crippen LogP contribution in [0.5, 0.6) is 0 Å². The molecule has 0 amide bonds. The Balaban J connectivity index is 2.63. The lowest BCUT2D eigenvalue weighted by molar-refractivity contribution is 1.05. The molecule has 1 aromatic carbocycles. The number of rotatable bonds is 1. The molecule has 2 aromatic rings. The van der Waals surface area contributed by atoms with Crippen molar-refractivity contribution in [3.05, 3.63) is 42.0 Å². The molecule has 0 radical (unpaired) electrons. The van der Waals surface area contributed by atoms with Gasteiger partial charge in [0.2, 0.25) is 0 Å². The Morgan fingerprint density at radius 2 is 1.50 bits per heavy atom. The predicted molar refractivity (Wildman–Crippen MR) is 54.7 cm³/mol. The van der Waals surface area contributed by atoms with Crippen molar-refractivity contribution < 1.29 is 0 Å². The van der Waals surface area contributed by atoms with Gasteiger partial charge in [-0.2, -0.15) is 0 Å². The molecule has 0 saturated heterocycles. The van der Waals surface area contributed by atoms with Crippen LogP contribution in [0.2, 0.25) is 0 Å². The fourth-order valence-electron chi connectivity index (χ4n) is 1.54.